The van der Waals surface area contributed by atoms with Crippen LogP contribution in [0.1, 0.15) is 31.9 Å². The van der Waals surface area contributed by atoms with Gasteiger partial charge in [0.15, 0.2) is 0 Å². The SMILES string of the molecule is CC(C)C[C@H](N)C(=O)NCC(c1cccc(Cl)c1)N1CCOCC1. The lowest BCUT2D eigenvalue weighted by atomic mass is 10.0. The highest BCUT2D eigenvalue weighted by Gasteiger charge is 2.24. The Morgan fingerprint density at radius 2 is 2.08 bits per heavy atom. The molecule has 0 aromatic heterocycles. The van der Waals surface area contributed by atoms with E-state index in [1.54, 1.807) is 0 Å². The van der Waals surface area contributed by atoms with Crippen LogP contribution in [0.5, 0.6) is 0 Å². The summed E-state index contributed by atoms with van der Waals surface area (Å²) in [7, 11) is 0. The van der Waals surface area contributed by atoms with Crippen molar-refractivity contribution in [2.75, 3.05) is 32.8 Å². The molecule has 6 heteroatoms. The molecule has 1 aliphatic heterocycles. The Hall–Kier alpha value is -1.14. The summed E-state index contributed by atoms with van der Waals surface area (Å²) < 4.78 is 5.44. The summed E-state index contributed by atoms with van der Waals surface area (Å²) in [6, 6.07) is 7.42. The van der Waals surface area contributed by atoms with Crippen LogP contribution in [-0.2, 0) is 9.53 Å². The van der Waals surface area contributed by atoms with E-state index < -0.39 is 6.04 Å². The Morgan fingerprint density at radius 1 is 1.38 bits per heavy atom. The molecule has 2 atom stereocenters. The van der Waals surface area contributed by atoms with E-state index in [2.05, 4.69) is 24.1 Å². The number of halogens is 1. The molecule has 0 bridgehead atoms. The zero-order chi connectivity index (χ0) is 17.5. The minimum absolute atomic E-state index is 0.0720. The molecule has 3 N–H and O–H groups in total. The van der Waals surface area contributed by atoms with Gasteiger partial charge in [-0.3, -0.25) is 9.69 Å². The molecule has 1 aromatic carbocycles. The Labute approximate surface area is 149 Å². The van der Waals surface area contributed by atoms with Crippen LogP contribution in [0.25, 0.3) is 0 Å². The maximum absolute atomic E-state index is 12.3. The average molecular weight is 354 g/mol. The molecule has 0 radical (unpaired) electrons. The fourth-order valence-corrected chi connectivity index (χ4v) is 3.20. The zero-order valence-corrected chi connectivity index (χ0v) is 15.3. The number of nitrogens with two attached hydrogens (primary N) is 1. The van der Waals surface area contributed by atoms with Crippen molar-refractivity contribution in [2.45, 2.75) is 32.4 Å². The number of nitrogens with zero attached hydrogens (tertiary/aromatic N) is 1. The van der Waals surface area contributed by atoms with Crippen LogP contribution in [0.3, 0.4) is 0 Å². The molecule has 1 aliphatic rings. The number of hydrogen-bond acceptors (Lipinski definition) is 4. The van der Waals surface area contributed by atoms with Gasteiger partial charge in [-0.25, -0.2) is 0 Å². The van der Waals surface area contributed by atoms with Gasteiger partial charge in [-0.05, 0) is 30.0 Å². The maximum Gasteiger partial charge on any atom is 0.236 e. The summed E-state index contributed by atoms with van der Waals surface area (Å²) in [5, 5.41) is 3.72. The lowest BCUT2D eigenvalue weighted by Crippen LogP contribution is -2.47. The largest absolute Gasteiger partial charge is 0.379 e. The molecule has 1 heterocycles. The van der Waals surface area contributed by atoms with Crippen molar-refractivity contribution in [1.82, 2.24) is 10.2 Å². The number of carbonyl (C=O) groups excluding carboxylic acids is 1. The molecule has 0 aliphatic carbocycles. The van der Waals surface area contributed by atoms with Gasteiger partial charge in [0.25, 0.3) is 0 Å². The second kappa shape index (κ2) is 9.37. The van der Waals surface area contributed by atoms with Crippen LogP contribution in [0.4, 0.5) is 0 Å². The van der Waals surface area contributed by atoms with Crippen LogP contribution >= 0.6 is 11.6 Å². The Kier molecular flexibility index (Phi) is 7.49. The van der Waals surface area contributed by atoms with Crippen molar-refractivity contribution in [1.29, 1.82) is 0 Å². The Balaban J connectivity index is 2.04. The van der Waals surface area contributed by atoms with E-state index in [0.717, 1.165) is 18.7 Å². The van der Waals surface area contributed by atoms with E-state index in [-0.39, 0.29) is 11.9 Å². The number of morpholine rings is 1. The second-order valence-electron chi connectivity index (χ2n) is 6.70. The Morgan fingerprint density at radius 3 is 2.71 bits per heavy atom. The van der Waals surface area contributed by atoms with Gasteiger partial charge in [0, 0.05) is 24.7 Å². The third-order valence-electron chi connectivity index (χ3n) is 4.25. The third kappa shape index (κ3) is 5.74. The molecule has 1 unspecified atom stereocenters. The van der Waals surface area contributed by atoms with Gasteiger partial charge in [-0.2, -0.15) is 0 Å². The fourth-order valence-electron chi connectivity index (χ4n) is 3.00. The van der Waals surface area contributed by atoms with E-state index in [1.807, 2.05) is 24.3 Å². The Bertz CT molecular complexity index is 533. The summed E-state index contributed by atoms with van der Waals surface area (Å²) in [6.07, 6.45) is 0.686. The molecular formula is C18H28ClN3O2. The standard InChI is InChI=1S/C18H28ClN3O2/c1-13(2)10-16(20)18(23)21-12-17(22-6-8-24-9-7-22)14-4-3-5-15(19)11-14/h3-5,11,13,16-17H,6-10,12,20H2,1-2H3,(H,21,23)/t16-,17?/m0/s1. The third-order valence-corrected chi connectivity index (χ3v) is 4.49. The summed E-state index contributed by atoms with van der Waals surface area (Å²) in [4.78, 5) is 14.6. The van der Waals surface area contributed by atoms with Gasteiger partial charge in [0.2, 0.25) is 5.91 Å². The highest BCUT2D eigenvalue weighted by atomic mass is 35.5. The van der Waals surface area contributed by atoms with Crippen LogP contribution in [0, 0.1) is 5.92 Å². The molecule has 1 aromatic rings. The number of amides is 1. The van der Waals surface area contributed by atoms with E-state index >= 15 is 0 Å². The van der Waals surface area contributed by atoms with E-state index in [9.17, 15) is 4.79 Å². The first kappa shape index (κ1) is 19.2. The molecule has 1 amide bonds. The summed E-state index contributed by atoms with van der Waals surface area (Å²) in [5.74, 6) is 0.303. The maximum atomic E-state index is 12.3. The lowest BCUT2D eigenvalue weighted by molar-refractivity contribution is -0.123. The number of hydrogen-bond donors (Lipinski definition) is 2. The highest BCUT2D eigenvalue weighted by Crippen LogP contribution is 2.24. The minimum Gasteiger partial charge on any atom is -0.379 e. The second-order valence-corrected chi connectivity index (χ2v) is 7.14. The molecule has 24 heavy (non-hydrogen) atoms. The predicted molar refractivity (Wildman–Crippen MR) is 97.0 cm³/mol. The van der Waals surface area contributed by atoms with Crippen LogP contribution in [0.2, 0.25) is 5.02 Å². The first-order chi connectivity index (χ1) is 11.5. The van der Waals surface area contributed by atoms with Gasteiger partial charge >= 0.3 is 0 Å². The number of nitrogens with one attached hydrogen (secondary N) is 1. The van der Waals surface area contributed by atoms with Crippen LogP contribution < -0.4 is 11.1 Å². The molecule has 134 valence electrons. The van der Waals surface area contributed by atoms with Crippen molar-refractivity contribution in [2.24, 2.45) is 11.7 Å². The first-order valence-electron chi connectivity index (χ1n) is 8.58. The van der Waals surface area contributed by atoms with Crippen LogP contribution in [-0.4, -0.2) is 49.7 Å². The number of carbonyl (C=O) groups is 1. The first-order valence-corrected chi connectivity index (χ1v) is 8.95. The lowest BCUT2D eigenvalue weighted by Gasteiger charge is -2.35. The number of ether oxygens (including phenoxy) is 1. The number of benzene rings is 1. The van der Waals surface area contributed by atoms with E-state index in [4.69, 9.17) is 22.1 Å². The van der Waals surface area contributed by atoms with Crippen molar-refractivity contribution in [3.8, 4) is 0 Å². The highest BCUT2D eigenvalue weighted by molar-refractivity contribution is 6.30. The fraction of sp³-hybridized carbons (Fsp3) is 0.611. The van der Waals surface area contributed by atoms with Crippen molar-refractivity contribution in [3.63, 3.8) is 0 Å². The van der Waals surface area contributed by atoms with Crippen molar-refractivity contribution >= 4 is 17.5 Å². The summed E-state index contributed by atoms with van der Waals surface area (Å²) in [5.41, 5.74) is 7.08. The molecule has 1 saturated heterocycles. The van der Waals surface area contributed by atoms with Gasteiger partial charge in [0.1, 0.15) is 0 Å². The van der Waals surface area contributed by atoms with Gasteiger partial charge in [0.05, 0.1) is 25.3 Å². The molecule has 1 fully saturated rings. The summed E-state index contributed by atoms with van der Waals surface area (Å²) in [6.45, 7) is 7.74. The van der Waals surface area contributed by atoms with Gasteiger partial charge in [-0.15, -0.1) is 0 Å². The molecule has 2 rings (SSSR count). The molecule has 0 spiro atoms. The van der Waals surface area contributed by atoms with E-state index in [1.165, 1.54) is 0 Å². The smallest absolute Gasteiger partial charge is 0.236 e. The minimum atomic E-state index is -0.463. The molecule has 0 saturated carbocycles. The average Bonchev–Trinajstić information content (AvgIpc) is 2.55. The van der Waals surface area contributed by atoms with E-state index in [0.29, 0.717) is 37.1 Å². The van der Waals surface area contributed by atoms with Crippen LogP contribution in [0.15, 0.2) is 24.3 Å². The monoisotopic (exact) mass is 353 g/mol. The number of rotatable bonds is 7. The van der Waals surface area contributed by atoms with Crippen molar-refractivity contribution < 1.29 is 9.53 Å². The molecule has 5 nitrogen and oxygen atoms in total. The van der Waals surface area contributed by atoms with Gasteiger partial charge < -0.3 is 15.8 Å². The van der Waals surface area contributed by atoms with Gasteiger partial charge in [-0.1, -0.05) is 37.6 Å². The van der Waals surface area contributed by atoms with Crippen molar-refractivity contribution in [3.05, 3.63) is 34.9 Å². The topological polar surface area (TPSA) is 67.6 Å². The quantitative estimate of drug-likeness (QED) is 0.788. The summed E-state index contributed by atoms with van der Waals surface area (Å²) >= 11 is 6.15. The molecular weight excluding hydrogens is 326 g/mol. The zero-order valence-electron chi connectivity index (χ0n) is 14.5. The predicted octanol–water partition coefficient (Wildman–Crippen LogP) is 2.20. The normalized spacial score (nSPS) is 18.4.